The largest absolute Gasteiger partial charge is 0.489 e. The van der Waals surface area contributed by atoms with E-state index in [1.165, 1.54) is 29.5 Å². The normalized spacial score (nSPS) is 10.8. The van der Waals surface area contributed by atoms with Crippen LogP contribution in [-0.4, -0.2) is 10.9 Å². The summed E-state index contributed by atoms with van der Waals surface area (Å²) in [5, 5.41) is 2.79. The minimum atomic E-state index is -0.341. The number of ether oxygens (including phenoxy) is 1. The van der Waals surface area contributed by atoms with Crippen molar-refractivity contribution in [1.82, 2.24) is 4.98 Å². The third-order valence-corrected chi connectivity index (χ3v) is 3.99. The lowest BCUT2D eigenvalue weighted by molar-refractivity contribution is -0.111. The lowest BCUT2D eigenvalue weighted by Gasteiger charge is -2.08. The number of aromatic nitrogens is 1. The number of carbonyl (C=O) groups excluding carboxylic acids is 1. The van der Waals surface area contributed by atoms with Gasteiger partial charge >= 0.3 is 0 Å². The number of nitrogens with one attached hydrogen (secondary N) is 1. The lowest BCUT2D eigenvalue weighted by atomic mass is 10.2. The van der Waals surface area contributed by atoms with Gasteiger partial charge in [-0.25, -0.2) is 4.39 Å². The average molecular weight is 354 g/mol. The molecule has 0 radical (unpaired) electrons. The van der Waals surface area contributed by atoms with Gasteiger partial charge in [0.2, 0.25) is 5.91 Å². The summed E-state index contributed by atoms with van der Waals surface area (Å²) in [7, 11) is 0. The first-order chi connectivity index (χ1) is 12.2. The fourth-order valence-corrected chi connectivity index (χ4v) is 2.62. The maximum Gasteiger partial charge on any atom is 0.248 e. The molecule has 0 saturated carbocycles. The van der Waals surface area contributed by atoms with E-state index in [-0.39, 0.29) is 18.3 Å². The highest BCUT2D eigenvalue weighted by Crippen LogP contribution is 2.16. The standard InChI is InChI=1S/C19H15FN2O2S/c20-15-4-2-6-17(10-15)24-12-14-3-1-5-16(9-14)22-19(23)8-7-18-11-21-13-25-18/h1-11,13H,12H2,(H,22,23)/b8-7+. The predicted octanol–water partition coefficient (Wildman–Crippen LogP) is 4.51. The maximum absolute atomic E-state index is 13.1. The molecule has 126 valence electrons. The highest BCUT2D eigenvalue weighted by molar-refractivity contribution is 7.10. The zero-order valence-electron chi connectivity index (χ0n) is 13.2. The molecule has 1 N–H and O–H groups in total. The van der Waals surface area contributed by atoms with Gasteiger partial charge in [-0.1, -0.05) is 18.2 Å². The molecule has 0 fully saturated rings. The van der Waals surface area contributed by atoms with Gasteiger partial charge in [-0.2, -0.15) is 0 Å². The highest BCUT2D eigenvalue weighted by atomic mass is 32.1. The number of hydrogen-bond acceptors (Lipinski definition) is 4. The molecule has 0 spiro atoms. The minimum absolute atomic E-state index is 0.225. The molecule has 0 aliphatic carbocycles. The van der Waals surface area contributed by atoms with Gasteiger partial charge in [-0.15, -0.1) is 11.3 Å². The Hall–Kier alpha value is -2.99. The van der Waals surface area contributed by atoms with Crippen molar-refractivity contribution in [2.75, 3.05) is 5.32 Å². The number of carbonyl (C=O) groups is 1. The summed E-state index contributed by atoms with van der Waals surface area (Å²) in [6.07, 6.45) is 4.87. The number of amides is 1. The van der Waals surface area contributed by atoms with Crippen molar-refractivity contribution in [1.29, 1.82) is 0 Å². The van der Waals surface area contributed by atoms with Crippen LogP contribution in [-0.2, 0) is 11.4 Å². The van der Waals surface area contributed by atoms with Crippen LogP contribution in [0.25, 0.3) is 6.08 Å². The van der Waals surface area contributed by atoms with Crippen LogP contribution in [0.5, 0.6) is 5.75 Å². The number of benzene rings is 2. The first-order valence-electron chi connectivity index (χ1n) is 7.54. The zero-order chi connectivity index (χ0) is 17.5. The number of hydrogen-bond donors (Lipinski definition) is 1. The van der Waals surface area contributed by atoms with Crippen LogP contribution in [0.3, 0.4) is 0 Å². The lowest BCUT2D eigenvalue weighted by Crippen LogP contribution is -2.08. The van der Waals surface area contributed by atoms with Gasteiger partial charge in [0.25, 0.3) is 0 Å². The van der Waals surface area contributed by atoms with E-state index in [2.05, 4.69) is 10.3 Å². The van der Waals surface area contributed by atoms with Crippen molar-refractivity contribution in [2.45, 2.75) is 6.61 Å². The molecular formula is C19H15FN2O2S. The van der Waals surface area contributed by atoms with Crippen LogP contribution < -0.4 is 10.1 Å². The Morgan fingerprint density at radius 1 is 1.24 bits per heavy atom. The SMILES string of the molecule is O=C(/C=C/c1cncs1)Nc1cccc(COc2cccc(F)c2)c1. The smallest absolute Gasteiger partial charge is 0.248 e. The van der Waals surface area contributed by atoms with Gasteiger partial charge in [0.15, 0.2) is 0 Å². The number of nitrogens with zero attached hydrogens (tertiary/aromatic N) is 1. The second-order valence-electron chi connectivity index (χ2n) is 5.17. The van der Waals surface area contributed by atoms with Crippen LogP contribution >= 0.6 is 11.3 Å². The second-order valence-corrected chi connectivity index (χ2v) is 6.09. The van der Waals surface area contributed by atoms with E-state index in [1.54, 1.807) is 36.0 Å². The van der Waals surface area contributed by atoms with Gasteiger partial charge in [0.1, 0.15) is 18.2 Å². The van der Waals surface area contributed by atoms with Gasteiger partial charge in [0, 0.05) is 28.9 Å². The third kappa shape index (κ3) is 5.26. The van der Waals surface area contributed by atoms with E-state index in [0.29, 0.717) is 11.4 Å². The van der Waals surface area contributed by atoms with Crippen LogP contribution in [0, 0.1) is 5.82 Å². The Labute approximate surface area is 148 Å². The number of rotatable bonds is 6. The Bertz CT molecular complexity index is 879. The zero-order valence-corrected chi connectivity index (χ0v) is 14.0. The number of thiazole rings is 1. The highest BCUT2D eigenvalue weighted by Gasteiger charge is 2.02. The van der Waals surface area contributed by atoms with Crippen molar-refractivity contribution in [2.24, 2.45) is 0 Å². The number of halogens is 1. The van der Waals surface area contributed by atoms with Crippen LogP contribution in [0.2, 0.25) is 0 Å². The van der Waals surface area contributed by atoms with E-state index in [4.69, 9.17) is 4.74 Å². The maximum atomic E-state index is 13.1. The van der Waals surface area contributed by atoms with Gasteiger partial charge in [-0.3, -0.25) is 9.78 Å². The van der Waals surface area contributed by atoms with Crippen molar-refractivity contribution < 1.29 is 13.9 Å². The molecule has 3 rings (SSSR count). The molecule has 0 bridgehead atoms. The van der Waals surface area contributed by atoms with Crippen molar-refractivity contribution in [3.8, 4) is 5.75 Å². The Kier molecular flexibility index (Phi) is 5.53. The first kappa shape index (κ1) is 16.9. The molecule has 1 amide bonds. The summed E-state index contributed by atoms with van der Waals surface area (Å²) in [4.78, 5) is 16.8. The summed E-state index contributed by atoms with van der Waals surface area (Å²) in [5.74, 6) is -0.107. The van der Waals surface area contributed by atoms with Gasteiger partial charge in [-0.05, 0) is 35.9 Å². The first-order valence-corrected chi connectivity index (χ1v) is 8.42. The van der Waals surface area contributed by atoms with E-state index in [0.717, 1.165) is 10.4 Å². The van der Waals surface area contributed by atoms with E-state index in [1.807, 2.05) is 18.2 Å². The van der Waals surface area contributed by atoms with E-state index in [9.17, 15) is 9.18 Å². The van der Waals surface area contributed by atoms with Gasteiger partial charge in [0.05, 0.1) is 5.51 Å². The molecule has 6 heteroatoms. The quantitative estimate of drug-likeness (QED) is 0.663. The topological polar surface area (TPSA) is 51.2 Å². The fourth-order valence-electron chi connectivity index (χ4n) is 2.11. The molecule has 0 saturated heterocycles. The molecular weight excluding hydrogens is 339 g/mol. The molecule has 4 nitrogen and oxygen atoms in total. The van der Waals surface area contributed by atoms with Crippen molar-refractivity contribution in [3.63, 3.8) is 0 Å². The number of anilines is 1. The second kappa shape index (κ2) is 8.21. The molecule has 1 heterocycles. The Morgan fingerprint density at radius 2 is 2.12 bits per heavy atom. The third-order valence-electron chi connectivity index (χ3n) is 3.25. The fraction of sp³-hybridized carbons (Fsp3) is 0.0526. The molecule has 0 aliphatic rings. The summed E-state index contributed by atoms with van der Waals surface area (Å²) >= 11 is 1.46. The van der Waals surface area contributed by atoms with Crippen LogP contribution in [0.4, 0.5) is 10.1 Å². The van der Waals surface area contributed by atoms with Crippen molar-refractivity contribution in [3.05, 3.63) is 82.6 Å². The summed E-state index contributed by atoms with van der Waals surface area (Å²) < 4.78 is 18.7. The molecule has 2 aromatic carbocycles. The minimum Gasteiger partial charge on any atom is -0.489 e. The molecule has 1 aromatic heterocycles. The van der Waals surface area contributed by atoms with E-state index >= 15 is 0 Å². The Balaban J connectivity index is 1.58. The molecule has 3 aromatic rings. The summed E-state index contributed by atoms with van der Waals surface area (Å²) in [5.41, 5.74) is 3.24. The van der Waals surface area contributed by atoms with Crippen LogP contribution in [0.1, 0.15) is 10.4 Å². The predicted molar refractivity (Wildman–Crippen MR) is 97.0 cm³/mol. The molecule has 0 unspecified atom stereocenters. The summed E-state index contributed by atoms with van der Waals surface area (Å²) in [6, 6.07) is 13.3. The summed E-state index contributed by atoms with van der Waals surface area (Å²) in [6.45, 7) is 0.282. The van der Waals surface area contributed by atoms with Crippen molar-refractivity contribution >= 4 is 29.0 Å². The molecule has 0 aliphatic heterocycles. The monoisotopic (exact) mass is 354 g/mol. The average Bonchev–Trinajstić information content (AvgIpc) is 3.12. The molecule has 25 heavy (non-hydrogen) atoms. The Morgan fingerprint density at radius 3 is 2.92 bits per heavy atom. The molecule has 0 atom stereocenters. The van der Waals surface area contributed by atoms with Crippen LogP contribution in [0.15, 0.2) is 66.3 Å². The van der Waals surface area contributed by atoms with Gasteiger partial charge < -0.3 is 10.1 Å². The van der Waals surface area contributed by atoms with E-state index < -0.39 is 0 Å².